The minimum Gasteiger partial charge on any atom is -0.379 e. The molecule has 0 bridgehead atoms. The van der Waals surface area contributed by atoms with Crippen LogP contribution in [-0.2, 0) is 25.7 Å². The molecule has 0 spiro atoms. The van der Waals surface area contributed by atoms with Gasteiger partial charge in [0.25, 0.3) is 0 Å². The van der Waals surface area contributed by atoms with Crippen molar-refractivity contribution in [1.82, 2.24) is 0 Å². The Labute approximate surface area is 127 Å². The Balaban J connectivity index is 1.54. The lowest BCUT2D eigenvalue weighted by Crippen LogP contribution is -2.07. The molecule has 108 valence electrons. The first-order chi connectivity index (χ1) is 10.3. The normalized spacial score (nSPS) is 17.4. The van der Waals surface area contributed by atoms with Crippen molar-refractivity contribution >= 4 is 5.69 Å². The molecule has 0 amide bonds. The highest BCUT2D eigenvalue weighted by Crippen LogP contribution is 2.29. The van der Waals surface area contributed by atoms with Gasteiger partial charge in [-0.25, -0.2) is 0 Å². The molecule has 0 aliphatic heterocycles. The first-order valence-electron chi connectivity index (χ1n) is 8.29. The number of benzene rings is 2. The van der Waals surface area contributed by atoms with Crippen LogP contribution in [0.3, 0.4) is 0 Å². The van der Waals surface area contributed by atoms with Crippen LogP contribution in [0.4, 0.5) is 5.69 Å². The maximum absolute atomic E-state index is 3.68. The number of nitrogens with one attached hydrogen (secondary N) is 1. The van der Waals surface area contributed by atoms with E-state index < -0.39 is 0 Å². The average Bonchev–Trinajstić information content (AvgIpc) is 3.14. The van der Waals surface area contributed by atoms with Gasteiger partial charge < -0.3 is 5.32 Å². The van der Waals surface area contributed by atoms with Crippen LogP contribution in [0.1, 0.15) is 53.6 Å². The van der Waals surface area contributed by atoms with Gasteiger partial charge in [-0.2, -0.15) is 0 Å². The van der Waals surface area contributed by atoms with Gasteiger partial charge in [-0.15, -0.1) is 0 Å². The monoisotopic (exact) mass is 277 g/mol. The highest BCUT2D eigenvalue weighted by atomic mass is 14.9. The van der Waals surface area contributed by atoms with Crippen LogP contribution in [0.5, 0.6) is 0 Å². The topological polar surface area (TPSA) is 12.0 Å². The molecule has 0 saturated heterocycles. The van der Waals surface area contributed by atoms with Crippen molar-refractivity contribution in [2.75, 3.05) is 5.32 Å². The van der Waals surface area contributed by atoms with Crippen LogP contribution in [0.2, 0.25) is 0 Å². The fourth-order valence-corrected chi connectivity index (χ4v) is 3.86. The molecule has 2 aromatic rings. The highest BCUT2D eigenvalue weighted by molar-refractivity contribution is 5.52. The van der Waals surface area contributed by atoms with Gasteiger partial charge in [-0.3, -0.25) is 0 Å². The summed E-state index contributed by atoms with van der Waals surface area (Å²) in [6, 6.07) is 14.3. The number of aryl methyl sites for hydroxylation is 4. The first kappa shape index (κ1) is 12.9. The summed E-state index contributed by atoms with van der Waals surface area (Å²) in [6.07, 6.45) is 7.68. The molecule has 0 heterocycles. The van der Waals surface area contributed by atoms with Gasteiger partial charge >= 0.3 is 0 Å². The molecule has 0 saturated carbocycles. The largest absolute Gasteiger partial charge is 0.379 e. The summed E-state index contributed by atoms with van der Waals surface area (Å²) in [5.41, 5.74) is 8.89. The van der Waals surface area contributed by atoms with Crippen molar-refractivity contribution < 1.29 is 0 Å². The molecule has 0 radical (unpaired) electrons. The van der Waals surface area contributed by atoms with Crippen LogP contribution in [-0.4, -0.2) is 0 Å². The van der Waals surface area contributed by atoms with E-state index in [0.29, 0.717) is 6.04 Å². The second-order valence-electron chi connectivity index (χ2n) is 6.58. The summed E-state index contributed by atoms with van der Waals surface area (Å²) in [7, 11) is 0. The zero-order valence-corrected chi connectivity index (χ0v) is 12.8. The minimum absolute atomic E-state index is 0.371. The van der Waals surface area contributed by atoms with Crippen LogP contribution in [0.25, 0.3) is 0 Å². The third-order valence-corrected chi connectivity index (χ3v) is 5.10. The predicted molar refractivity (Wildman–Crippen MR) is 89.0 cm³/mol. The zero-order chi connectivity index (χ0) is 14.2. The first-order valence-corrected chi connectivity index (χ1v) is 8.29. The van der Waals surface area contributed by atoms with E-state index in [2.05, 4.69) is 48.6 Å². The van der Waals surface area contributed by atoms with Crippen molar-refractivity contribution in [2.24, 2.45) is 0 Å². The van der Waals surface area contributed by atoms with Crippen molar-refractivity contribution in [3.63, 3.8) is 0 Å². The molecule has 1 nitrogen and oxygen atoms in total. The number of anilines is 1. The number of hydrogen-bond acceptors (Lipinski definition) is 1. The average molecular weight is 277 g/mol. The highest BCUT2D eigenvalue weighted by Gasteiger charge is 2.15. The minimum atomic E-state index is 0.371. The van der Waals surface area contributed by atoms with Crippen LogP contribution in [0.15, 0.2) is 36.4 Å². The van der Waals surface area contributed by atoms with E-state index in [0.717, 1.165) is 0 Å². The molecule has 1 heteroatoms. The molecule has 4 rings (SSSR count). The summed E-state index contributed by atoms with van der Waals surface area (Å²) < 4.78 is 0. The van der Waals surface area contributed by atoms with E-state index >= 15 is 0 Å². The molecular weight excluding hydrogens is 254 g/mol. The van der Waals surface area contributed by atoms with E-state index in [4.69, 9.17) is 0 Å². The fraction of sp³-hybridized carbons (Fsp3) is 0.400. The predicted octanol–water partition coefficient (Wildman–Crippen LogP) is 4.84. The summed E-state index contributed by atoms with van der Waals surface area (Å²) in [4.78, 5) is 0. The Kier molecular flexibility index (Phi) is 3.21. The van der Waals surface area contributed by atoms with Gasteiger partial charge in [0.1, 0.15) is 0 Å². The zero-order valence-electron chi connectivity index (χ0n) is 12.8. The Morgan fingerprint density at radius 3 is 2.14 bits per heavy atom. The van der Waals surface area contributed by atoms with E-state index in [9.17, 15) is 0 Å². The third-order valence-electron chi connectivity index (χ3n) is 5.10. The van der Waals surface area contributed by atoms with Crippen LogP contribution < -0.4 is 5.32 Å². The van der Waals surface area contributed by atoms with E-state index in [1.807, 2.05) is 0 Å². The number of hydrogen-bond donors (Lipinski definition) is 1. The Morgan fingerprint density at radius 1 is 0.762 bits per heavy atom. The summed E-state index contributed by atoms with van der Waals surface area (Å²) in [6.45, 7) is 2.27. The maximum atomic E-state index is 3.68. The van der Waals surface area contributed by atoms with Gasteiger partial charge in [-0.05, 0) is 85.4 Å². The molecule has 1 unspecified atom stereocenters. The Hall–Kier alpha value is -1.76. The quantitative estimate of drug-likeness (QED) is 0.846. The van der Waals surface area contributed by atoms with Gasteiger partial charge in [0.2, 0.25) is 0 Å². The van der Waals surface area contributed by atoms with Gasteiger partial charge in [0.05, 0.1) is 0 Å². The Morgan fingerprint density at radius 2 is 1.38 bits per heavy atom. The number of fused-ring (bicyclic) bond motifs is 2. The van der Waals surface area contributed by atoms with Crippen LogP contribution >= 0.6 is 0 Å². The fourth-order valence-electron chi connectivity index (χ4n) is 3.86. The molecule has 1 N–H and O–H groups in total. The Bertz CT molecular complexity index is 672. The smallest absolute Gasteiger partial charge is 0.0485 e. The van der Waals surface area contributed by atoms with Crippen molar-refractivity contribution in [2.45, 2.75) is 51.5 Å². The molecule has 0 fully saturated rings. The van der Waals surface area contributed by atoms with Crippen LogP contribution in [0, 0.1) is 0 Å². The summed E-state index contributed by atoms with van der Waals surface area (Å²) in [5, 5.41) is 3.68. The molecule has 0 aromatic heterocycles. The van der Waals surface area contributed by atoms with Crippen molar-refractivity contribution in [1.29, 1.82) is 0 Å². The van der Waals surface area contributed by atoms with E-state index in [1.165, 1.54) is 49.8 Å². The lowest BCUT2D eigenvalue weighted by molar-refractivity contribution is 0.878. The van der Waals surface area contributed by atoms with Crippen molar-refractivity contribution in [3.05, 3.63) is 64.2 Å². The molecule has 1 atom stereocenters. The SMILES string of the molecule is CC(Nc1ccc2c(c1)CCC2)c1ccc2c(c1)CCC2. The van der Waals surface area contributed by atoms with Gasteiger partial charge in [0, 0.05) is 11.7 Å². The lowest BCUT2D eigenvalue weighted by Gasteiger charge is -2.17. The summed E-state index contributed by atoms with van der Waals surface area (Å²) >= 11 is 0. The second-order valence-corrected chi connectivity index (χ2v) is 6.58. The molecule has 2 aromatic carbocycles. The maximum Gasteiger partial charge on any atom is 0.0485 e. The summed E-state index contributed by atoms with van der Waals surface area (Å²) in [5.74, 6) is 0. The second kappa shape index (κ2) is 5.22. The third kappa shape index (κ3) is 2.46. The number of rotatable bonds is 3. The standard InChI is InChI=1S/C20H23N/c1-14(17-9-8-15-4-2-6-18(15)12-17)21-20-11-10-16-5-3-7-19(16)13-20/h8-14,21H,2-7H2,1H3. The molecule has 2 aliphatic carbocycles. The molecular formula is C20H23N. The van der Waals surface area contributed by atoms with Gasteiger partial charge in [-0.1, -0.05) is 24.3 Å². The molecule has 2 aliphatic rings. The van der Waals surface area contributed by atoms with E-state index in [-0.39, 0.29) is 0 Å². The van der Waals surface area contributed by atoms with E-state index in [1.54, 1.807) is 22.3 Å². The lowest BCUT2D eigenvalue weighted by atomic mass is 10.0. The van der Waals surface area contributed by atoms with Gasteiger partial charge in [0.15, 0.2) is 0 Å². The van der Waals surface area contributed by atoms with Crippen molar-refractivity contribution in [3.8, 4) is 0 Å². The molecule has 21 heavy (non-hydrogen) atoms.